The molecule has 5 heteroatoms. The lowest BCUT2D eigenvalue weighted by Crippen LogP contribution is -2.45. The molecule has 0 radical (unpaired) electrons. The maximum absolute atomic E-state index is 5.27. The molecule has 0 saturated carbocycles. The molecule has 0 bridgehead atoms. The maximum Gasteiger partial charge on any atom is 0.118 e. The number of ether oxygens (including phenoxy) is 1. The molecular weight excluding hydrogens is 319 g/mol. The van der Waals surface area contributed by atoms with Crippen LogP contribution < -0.4 is 10.1 Å². The van der Waals surface area contributed by atoms with Crippen molar-refractivity contribution in [3.63, 3.8) is 0 Å². The fourth-order valence-electron chi connectivity index (χ4n) is 2.97. The van der Waals surface area contributed by atoms with Crippen LogP contribution in [0, 0.1) is 0 Å². The van der Waals surface area contributed by atoms with Crippen LogP contribution in [0.5, 0.6) is 5.75 Å². The molecule has 0 aromatic heterocycles. The van der Waals surface area contributed by atoms with Gasteiger partial charge >= 0.3 is 0 Å². The summed E-state index contributed by atoms with van der Waals surface area (Å²) in [7, 11) is 1.73. The summed E-state index contributed by atoms with van der Waals surface area (Å²) in [5.74, 6) is 0.946. The Kier molecular flexibility index (Phi) is 11.7. The number of hydrogen-bond acceptors (Lipinski definition) is 3. The number of nitrogens with one attached hydrogen (secondary N) is 1. The van der Waals surface area contributed by atoms with Gasteiger partial charge in [-0.05, 0) is 24.1 Å². The monoisotopic (exact) mass is 348 g/mol. The minimum Gasteiger partial charge on any atom is -0.497 e. The molecule has 1 heterocycles. The van der Waals surface area contributed by atoms with Crippen molar-refractivity contribution in [1.29, 1.82) is 0 Å². The third-order valence-corrected chi connectivity index (χ3v) is 4.17. The number of benzene rings is 1. The van der Waals surface area contributed by atoms with Crippen LogP contribution in [0.25, 0.3) is 0 Å². The van der Waals surface area contributed by atoms with Gasteiger partial charge in [-0.15, -0.1) is 24.8 Å². The van der Waals surface area contributed by atoms with Gasteiger partial charge in [0, 0.05) is 32.2 Å². The molecule has 1 saturated heterocycles. The predicted molar refractivity (Wildman–Crippen MR) is 98.8 cm³/mol. The van der Waals surface area contributed by atoms with Crippen molar-refractivity contribution in [2.24, 2.45) is 0 Å². The molecule has 1 fully saturated rings. The van der Waals surface area contributed by atoms with Crippen molar-refractivity contribution in [3.05, 3.63) is 29.8 Å². The van der Waals surface area contributed by atoms with E-state index < -0.39 is 0 Å². The van der Waals surface area contributed by atoms with Gasteiger partial charge in [0.25, 0.3) is 0 Å². The summed E-state index contributed by atoms with van der Waals surface area (Å²) in [5, 5.41) is 3.44. The van der Waals surface area contributed by atoms with E-state index in [0.29, 0.717) is 6.04 Å². The highest BCUT2D eigenvalue weighted by molar-refractivity contribution is 5.85. The Balaban J connectivity index is 0.00000220. The Morgan fingerprint density at radius 3 is 2.27 bits per heavy atom. The van der Waals surface area contributed by atoms with Gasteiger partial charge < -0.3 is 10.1 Å². The van der Waals surface area contributed by atoms with E-state index in [1.54, 1.807) is 7.11 Å². The quantitative estimate of drug-likeness (QED) is 0.751. The normalized spacial score (nSPS) is 16.3. The Morgan fingerprint density at radius 2 is 1.73 bits per heavy atom. The number of hydrogen-bond donors (Lipinski definition) is 1. The number of rotatable bonds is 7. The summed E-state index contributed by atoms with van der Waals surface area (Å²) in [6.45, 7) is 6.81. The summed E-state index contributed by atoms with van der Waals surface area (Å²) in [6.07, 6.45) is 5.20. The van der Waals surface area contributed by atoms with E-state index in [4.69, 9.17) is 4.74 Å². The van der Waals surface area contributed by atoms with Crippen LogP contribution in [0.1, 0.15) is 44.2 Å². The molecule has 1 aromatic rings. The maximum atomic E-state index is 5.27. The highest BCUT2D eigenvalue weighted by atomic mass is 35.5. The minimum atomic E-state index is 0. The van der Waals surface area contributed by atoms with Crippen molar-refractivity contribution >= 4 is 24.8 Å². The molecule has 3 nitrogen and oxygen atoms in total. The lowest BCUT2D eigenvalue weighted by molar-refractivity contribution is 0.162. The standard InChI is InChI=1S/C17H28N2O.2ClH/c1-3-4-5-6-17(19-13-11-18-12-14-19)15-7-9-16(20-2)10-8-15;;/h7-10,17-18H,3-6,11-14H2,1-2H3;2*1H/t17-;;/m0../s1. The van der Waals surface area contributed by atoms with E-state index in [2.05, 4.69) is 41.4 Å². The van der Waals surface area contributed by atoms with Gasteiger partial charge in [-0.2, -0.15) is 0 Å². The summed E-state index contributed by atoms with van der Waals surface area (Å²) in [5.41, 5.74) is 1.43. The lowest BCUT2D eigenvalue weighted by atomic mass is 9.98. The first-order valence-electron chi connectivity index (χ1n) is 7.94. The molecule has 1 aliphatic heterocycles. The third kappa shape index (κ3) is 6.33. The highest BCUT2D eigenvalue weighted by Crippen LogP contribution is 2.28. The zero-order valence-corrected chi connectivity index (χ0v) is 15.3. The Morgan fingerprint density at radius 1 is 1.09 bits per heavy atom. The predicted octanol–water partition coefficient (Wildman–Crippen LogP) is 4.07. The fraction of sp³-hybridized carbons (Fsp3) is 0.647. The fourth-order valence-corrected chi connectivity index (χ4v) is 2.97. The van der Waals surface area contributed by atoms with Crippen molar-refractivity contribution in [3.8, 4) is 5.75 Å². The first-order valence-corrected chi connectivity index (χ1v) is 7.94. The number of piperazine rings is 1. The first-order chi connectivity index (χ1) is 9.85. The van der Waals surface area contributed by atoms with Gasteiger partial charge in [-0.1, -0.05) is 38.3 Å². The van der Waals surface area contributed by atoms with Crippen LogP contribution in [0.2, 0.25) is 0 Å². The van der Waals surface area contributed by atoms with Crippen LogP contribution in [-0.4, -0.2) is 38.2 Å². The van der Waals surface area contributed by atoms with Crippen molar-refractivity contribution < 1.29 is 4.74 Å². The molecule has 0 aliphatic carbocycles. The summed E-state index contributed by atoms with van der Waals surface area (Å²) in [4.78, 5) is 2.63. The zero-order chi connectivity index (χ0) is 14.2. The van der Waals surface area contributed by atoms with E-state index in [1.807, 2.05) is 0 Å². The van der Waals surface area contributed by atoms with E-state index in [1.165, 1.54) is 31.2 Å². The van der Waals surface area contributed by atoms with Gasteiger partial charge in [0.2, 0.25) is 0 Å². The molecule has 128 valence electrons. The molecule has 1 aliphatic rings. The molecule has 1 N–H and O–H groups in total. The average Bonchev–Trinajstić information content (AvgIpc) is 2.53. The van der Waals surface area contributed by atoms with E-state index in [0.717, 1.165) is 31.9 Å². The first kappa shape index (κ1) is 21.5. The molecule has 1 atom stereocenters. The Bertz CT molecular complexity index is 381. The summed E-state index contributed by atoms with van der Waals surface area (Å²) < 4.78 is 5.27. The molecule has 0 amide bonds. The Labute approximate surface area is 147 Å². The number of methoxy groups -OCH3 is 1. The highest BCUT2D eigenvalue weighted by Gasteiger charge is 2.21. The van der Waals surface area contributed by atoms with E-state index in [9.17, 15) is 0 Å². The van der Waals surface area contributed by atoms with Crippen molar-refractivity contribution in [2.45, 2.75) is 38.6 Å². The second-order valence-electron chi connectivity index (χ2n) is 5.57. The summed E-state index contributed by atoms with van der Waals surface area (Å²) in [6, 6.07) is 9.21. The third-order valence-electron chi connectivity index (χ3n) is 4.17. The Hall–Kier alpha value is -0.480. The molecule has 2 rings (SSSR count). The zero-order valence-electron chi connectivity index (χ0n) is 13.7. The minimum absolute atomic E-state index is 0. The van der Waals surface area contributed by atoms with Gasteiger partial charge in [-0.25, -0.2) is 0 Å². The van der Waals surface area contributed by atoms with Crippen LogP contribution in [-0.2, 0) is 0 Å². The van der Waals surface area contributed by atoms with Gasteiger partial charge in [0.05, 0.1) is 7.11 Å². The second-order valence-corrected chi connectivity index (χ2v) is 5.57. The number of halogens is 2. The summed E-state index contributed by atoms with van der Waals surface area (Å²) >= 11 is 0. The van der Waals surface area contributed by atoms with Crippen LogP contribution >= 0.6 is 24.8 Å². The molecule has 0 unspecified atom stereocenters. The molecular formula is C17H30Cl2N2O. The van der Waals surface area contributed by atoms with Gasteiger partial charge in [-0.3, -0.25) is 4.90 Å². The van der Waals surface area contributed by atoms with Crippen LogP contribution in [0.15, 0.2) is 24.3 Å². The van der Waals surface area contributed by atoms with E-state index >= 15 is 0 Å². The average molecular weight is 349 g/mol. The number of unbranched alkanes of at least 4 members (excludes halogenated alkanes) is 2. The van der Waals surface area contributed by atoms with Crippen molar-refractivity contribution in [1.82, 2.24) is 10.2 Å². The topological polar surface area (TPSA) is 24.5 Å². The van der Waals surface area contributed by atoms with Gasteiger partial charge in [0.1, 0.15) is 5.75 Å². The number of nitrogens with zero attached hydrogens (tertiary/aromatic N) is 1. The molecule has 1 aromatic carbocycles. The van der Waals surface area contributed by atoms with E-state index in [-0.39, 0.29) is 24.8 Å². The van der Waals surface area contributed by atoms with Gasteiger partial charge in [0.15, 0.2) is 0 Å². The second kappa shape index (κ2) is 12.0. The smallest absolute Gasteiger partial charge is 0.118 e. The molecule has 22 heavy (non-hydrogen) atoms. The largest absolute Gasteiger partial charge is 0.497 e. The van der Waals surface area contributed by atoms with Crippen LogP contribution in [0.4, 0.5) is 0 Å². The SMILES string of the molecule is CCCCC[C@@H](c1ccc(OC)cc1)N1CCNCC1.Cl.Cl. The lowest BCUT2D eigenvalue weighted by Gasteiger charge is -2.35. The van der Waals surface area contributed by atoms with Crippen LogP contribution in [0.3, 0.4) is 0 Å². The van der Waals surface area contributed by atoms with Crippen molar-refractivity contribution in [2.75, 3.05) is 33.3 Å². The molecule has 0 spiro atoms.